The van der Waals surface area contributed by atoms with E-state index in [4.69, 9.17) is 9.47 Å². The van der Waals surface area contributed by atoms with Crippen molar-refractivity contribution in [3.8, 4) is 11.5 Å². The highest BCUT2D eigenvalue weighted by molar-refractivity contribution is 7.89. The van der Waals surface area contributed by atoms with E-state index in [0.717, 1.165) is 0 Å². The summed E-state index contributed by atoms with van der Waals surface area (Å²) in [4.78, 5) is 12.5. The van der Waals surface area contributed by atoms with Gasteiger partial charge in [0.15, 0.2) is 11.5 Å². The van der Waals surface area contributed by atoms with Gasteiger partial charge in [0, 0.05) is 18.7 Å². The van der Waals surface area contributed by atoms with E-state index in [-0.39, 0.29) is 23.5 Å². The van der Waals surface area contributed by atoms with Gasteiger partial charge in [-0.25, -0.2) is 8.42 Å². The van der Waals surface area contributed by atoms with Gasteiger partial charge in [0.2, 0.25) is 10.0 Å². The fourth-order valence-electron chi connectivity index (χ4n) is 2.96. The van der Waals surface area contributed by atoms with Crippen molar-refractivity contribution in [3.05, 3.63) is 54.1 Å². The smallest absolute Gasteiger partial charge is 0.251 e. The fourth-order valence-corrected chi connectivity index (χ4v) is 4.42. The molecule has 2 aromatic carbocycles. The van der Waals surface area contributed by atoms with Crippen LogP contribution in [-0.2, 0) is 10.0 Å². The maximum Gasteiger partial charge on any atom is 0.251 e. The third kappa shape index (κ3) is 4.28. The highest BCUT2D eigenvalue weighted by Gasteiger charge is 2.23. The van der Waals surface area contributed by atoms with Crippen LogP contribution in [0.3, 0.4) is 0 Å². The summed E-state index contributed by atoms with van der Waals surface area (Å²) in [6.45, 7) is 5.00. The van der Waals surface area contributed by atoms with Gasteiger partial charge in [-0.05, 0) is 36.4 Å². The Morgan fingerprint density at radius 3 is 2.36 bits per heavy atom. The van der Waals surface area contributed by atoms with Crippen LogP contribution in [0.25, 0.3) is 0 Å². The summed E-state index contributed by atoms with van der Waals surface area (Å²) >= 11 is 0. The molecule has 8 heteroatoms. The van der Waals surface area contributed by atoms with Crippen LogP contribution in [0.4, 0.5) is 0 Å². The number of fused-ring (bicyclic) bond motifs is 1. The monoisotopic (exact) mass is 404 g/mol. The molecule has 3 rings (SSSR count). The van der Waals surface area contributed by atoms with Gasteiger partial charge in [0.05, 0.1) is 11.4 Å². The van der Waals surface area contributed by atoms with Crippen LogP contribution in [0.2, 0.25) is 0 Å². The Morgan fingerprint density at radius 2 is 1.71 bits per heavy atom. The Morgan fingerprint density at radius 1 is 1.07 bits per heavy atom. The summed E-state index contributed by atoms with van der Waals surface area (Å²) in [5, 5.41) is 2.80. The van der Waals surface area contributed by atoms with Crippen LogP contribution in [0.5, 0.6) is 11.5 Å². The number of hydrogen-bond donors (Lipinski definition) is 1. The predicted molar refractivity (Wildman–Crippen MR) is 105 cm³/mol. The third-order valence-electron chi connectivity index (χ3n) is 4.52. The van der Waals surface area contributed by atoms with Crippen molar-refractivity contribution in [1.82, 2.24) is 9.62 Å². The van der Waals surface area contributed by atoms with Crippen LogP contribution in [0.15, 0.2) is 53.4 Å². The number of hydrogen-bond acceptors (Lipinski definition) is 5. The molecule has 0 fully saturated rings. The van der Waals surface area contributed by atoms with Gasteiger partial charge < -0.3 is 14.8 Å². The summed E-state index contributed by atoms with van der Waals surface area (Å²) in [6.07, 6.45) is -0.291. The second-order valence-electron chi connectivity index (χ2n) is 6.32. The molecule has 0 bridgehead atoms. The number of carbonyl (C=O) groups is 1. The minimum absolute atomic E-state index is 0.174. The summed E-state index contributed by atoms with van der Waals surface area (Å²) < 4.78 is 37.8. The summed E-state index contributed by atoms with van der Waals surface area (Å²) in [6, 6.07) is 13.3. The predicted octanol–water partition coefficient (Wildman–Crippen LogP) is 2.29. The first kappa shape index (κ1) is 20.2. The second-order valence-corrected chi connectivity index (χ2v) is 8.26. The molecule has 0 aliphatic carbocycles. The molecule has 0 spiro atoms. The number of carbonyl (C=O) groups excluding carboxylic acids is 1. The molecule has 28 heavy (non-hydrogen) atoms. The van der Waals surface area contributed by atoms with Crippen molar-refractivity contribution in [2.75, 3.05) is 26.2 Å². The molecule has 0 radical (unpaired) electrons. The summed E-state index contributed by atoms with van der Waals surface area (Å²) in [5.74, 6) is 1.04. The molecule has 7 nitrogen and oxygen atoms in total. The van der Waals surface area contributed by atoms with E-state index in [0.29, 0.717) is 36.8 Å². The highest BCUT2D eigenvalue weighted by atomic mass is 32.2. The van der Waals surface area contributed by atoms with Crippen LogP contribution in [0, 0.1) is 0 Å². The van der Waals surface area contributed by atoms with Gasteiger partial charge in [0.1, 0.15) is 12.7 Å². The Bertz CT molecular complexity index is 924. The minimum atomic E-state index is -3.54. The van der Waals surface area contributed by atoms with Crippen LogP contribution in [-0.4, -0.2) is 51.0 Å². The van der Waals surface area contributed by atoms with E-state index in [1.165, 1.54) is 28.6 Å². The molecule has 1 aliphatic heterocycles. The van der Waals surface area contributed by atoms with Crippen molar-refractivity contribution in [1.29, 1.82) is 0 Å². The molecule has 0 aromatic heterocycles. The fraction of sp³-hybridized carbons (Fsp3) is 0.350. The molecule has 1 aliphatic rings. The molecule has 1 amide bonds. The summed E-state index contributed by atoms with van der Waals surface area (Å²) in [7, 11) is -3.54. The van der Waals surface area contributed by atoms with Crippen molar-refractivity contribution >= 4 is 15.9 Å². The van der Waals surface area contributed by atoms with Gasteiger partial charge in [-0.2, -0.15) is 4.31 Å². The topological polar surface area (TPSA) is 84.9 Å². The van der Waals surface area contributed by atoms with Gasteiger partial charge in [0.25, 0.3) is 5.91 Å². The molecule has 1 N–H and O–H groups in total. The number of nitrogens with one attached hydrogen (secondary N) is 1. The van der Waals surface area contributed by atoms with Crippen LogP contribution >= 0.6 is 0 Å². The van der Waals surface area contributed by atoms with Crippen LogP contribution in [0.1, 0.15) is 24.2 Å². The maximum absolute atomic E-state index is 12.5. The molecule has 0 saturated heterocycles. The Balaban J connectivity index is 1.60. The van der Waals surface area contributed by atoms with Crippen molar-refractivity contribution in [2.45, 2.75) is 24.8 Å². The Labute approximate surface area is 165 Å². The zero-order chi connectivity index (χ0) is 20.1. The standard InChI is InChI=1S/C20H24N2O5S/c1-3-22(4-2)28(24,25)17-11-9-15(10-12-17)20(23)21-13-16-14-26-18-7-5-6-8-19(18)27-16/h5-12,16H,3-4,13-14H2,1-2H3,(H,21,23)/t16-/m1/s1. The van der Waals surface area contributed by atoms with Crippen LogP contribution < -0.4 is 14.8 Å². The first-order chi connectivity index (χ1) is 13.5. The maximum atomic E-state index is 12.5. The lowest BCUT2D eigenvalue weighted by molar-refractivity contribution is 0.0789. The van der Waals surface area contributed by atoms with Gasteiger partial charge in [-0.15, -0.1) is 0 Å². The van der Waals surface area contributed by atoms with E-state index >= 15 is 0 Å². The molecular weight excluding hydrogens is 380 g/mol. The van der Waals surface area contributed by atoms with E-state index in [2.05, 4.69) is 5.32 Å². The largest absolute Gasteiger partial charge is 0.486 e. The number of rotatable bonds is 7. The average molecular weight is 404 g/mol. The first-order valence-corrected chi connectivity index (χ1v) is 10.7. The average Bonchev–Trinajstić information content (AvgIpc) is 2.72. The number of ether oxygens (including phenoxy) is 2. The van der Waals surface area contributed by atoms with Crippen molar-refractivity contribution in [3.63, 3.8) is 0 Å². The SMILES string of the molecule is CCN(CC)S(=O)(=O)c1ccc(C(=O)NC[C@@H]2COc3ccccc3O2)cc1. The number of amides is 1. The first-order valence-electron chi connectivity index (χ1n) is 9.22. The highest BCUT2D eigenvalue weighted by Crippen LogP contribution is 2.30. The quantitative estimate of drug-likeness (QED) is 0.765. The normalized spacial score (nSPS) is 16.0. The Hall–Kier alpha value is -2.58. The lowest BCUT2D eigenvalue weighted by atomic mass is 10.2. The molecule has 2 aromatic rings. The van der Waals surface area contributed by atoms with E-state index in [9.17, 15) is 13.2 Å². The molecule has 0 unspecified atom stereocenters. The van der Waals surface area contributed by atoms with E-state index < -0.39 is 10.0 Å². The second kappa shape index (κ2) is 8.62. The molecule has 150 valence electrons. The molecule has 1 heterocycles. The van der Waals surface area contributed by atoms with Crippen molar-refractivity contribution < 1.29 is 22.7 Å². The van der Waals surface area contributed by atoms with Crippen molar-refractivity contribution in [2.24, 2.45) is 0 Å². The Kier molecular flexibility index (Phi) is 6.21. The molecular formula is C20H24N2O5S. The molecule has 0 saturated carbocycles. The minimum Gasteiger partial charge on any atom is -0.486 e. The third-order valence-corrected chi connectivity index (χ3v) is 6.58. The summed E-state index contributed by atoms with van der Waals surface area (Å²) in [5.41, 5.74) is 0.385. The van der Waals surface area contributed by atoms with Gasteiger partial charge in [-0.1, -0.05) is 26.0 Å². The zero-order valence-electron chi connectivity index (χ0n) is 15.9. The zero-order valence-corrected chi connectivity index (χ0v) is 16.7. The lowest BCUT2D eigenvalue weighted by Gasteiger charge is -2.26. The molecule has 1 atom stereocenters. The van der Waals surface area contributed by atoms with E-state index in [1.54, 1.807) is 13.8 Å². The lowest BCUT2D eigenvalue weighted by Crippen LogP contribution is -2.40. The number of para-hydroxylation sites is 2. The number of benzene rings is 2. The number of sulfonamides is 1. The van der Waals surface area contributed by atoms with Gasteiger partial charge in [-0.3, -0.25) is 4.79 Å². The van der Waals surface area contributed by atoms with E-state index in [1.807, 2.05) is 24.3 Å². The van der Waals surface area contributed by atoms with Gasteiger partial charge >= 0.3 is 0 Å². The number of nitrogens with zero attached hydrogens (tertiary/aromatic N) is 1.